The van der Waals surface area contributed by atoms with Crippen LogP contribution >= 0.6 is 0 Å². The van der Waals surface area contributed by atoms with E-state index < -0.39 is 21.7 Å². The number of carbonyl (C=O) groups excluding carboxylic acids is 1. The van der Waals surface area contributed by atoms with E-state index in [2.05, 4.69) is 20.3 Å². The van der Waals surface area contributed by atoms with Crippen molar-refractivity contribution in [2.24, 2.45) is 10.2 Å². The molecule has 0 atom stereocenters. The van der Waals surface area contributed by atoms with Gasteiger partial charge in [-0.25, -0.2) is 13.1 Å². The molecule has 0 bridgehead atoms. The third-order valence-electron chi connectivity index (χ3n) is 3.37. The van der Waals surface area contributed by atoms with Gasteiger partial charge >= 0.3 is 0 Å². The number of hydrogen-bond acceptors (Lipinski definition) is 7. The SMILES string of the molecule is CNS(=O)(=O)c1ccc(O)c(N=N/C(C(=O)Nc2ccccc2)=C(/C)O)c1. The summed E-state index contributed by atoms with van der Waals surface area (Å²) in [4.78, 5) is 12.1. The highest BCUT2D eigenvalue weighted by Crippen LogP contribution is 2.30. The Morgan fingerprint density at radius 2 is 1.78 bits per heavy atom. The summed E-state index contributed by atoms with van der Waals surface area (Å²) in [6.45, 7) is 1.25. The number of sulfonamides is 1. The smallest absolute Gasteiger partial charge is 0.279 e. The number of aliphatic hydroxyl groups is 1. The van der Waals surface area contributed by atoms with Crippen molar-refractivity contribution in [3.05, 3.63) is 60.0 Å². The first-order valence-electron chi connectivity index (χ1n) is 7.69. The zero-order valence-electron chi connectivity index (χ0n) is 14.5. The number of phenols is 1. The number of amides is 1. The Balaban J connectivity index is 2.32. The standard InChI is InChI=1S/C17H18N4O5S/c1-11(22)16(17(24)19-12-6-4-3-5-7-12)21-20-14-10-13(8-9-15(14)23)27(25,26)18-2/h3-10,18,22-23H,1-2H3,(H,19,24)/b16-11-,21-20?. The van der Waals surface area contributed by atoms with E-state index in [1.54, 1.807) is 30.3 Å². The summed E-state index contributed by atoms with van der Waals surface area (Å²) in [7, 11) is -2.51. The lowest BCUT2D eigenvalue weighted by atomic mass is 10.3. The summed E-state index contributed by atoms with van der Waals surface area (Å²) < 4.78 is 25.8. The molecule has 0 unspecified atom stereocenters. The molecule has 2 aromatic rings. The number of rotatable bonds is 6. The van der Waals surface area contributed by atoms with Crippen molar-refractivity contribution in [1.29, 1.82) is 0 Å². The van der Waals surface area contributed by atoms with Crippen LogP contribution in [0.1, 0.15) is 6.92 Å². The lowest BCUT2D eigenvalue weighted by Crippen LogP contribution is -2.18. The van der Waals surface area contributed by atoms with E-state index in [-0.39, 0.29) is 22.0 Å². The Hall–Kier alpha value is -3.24. The molecule has 0 heterocycles. The van der Waals surface area contributed by atoms with Crippen LogP contribution in [0.15, 0.2) is 75.1 Å². The molecule has 0 saturated heterocycles. The summed E-state index contributed by atoms with van der Waals surface area (Å²) in [5.74, 6) is -1.46. The van der Waals surface area contributed by atoms with Gasteiger partial charge in [-0.1, -0.05) is 18.2 Å². The second kappa shape index (κ2) is 8.43. The normalized spacial score (nSPS) is 12.7. The number of carbonyl (C=O) groups is 1. The molecule has 0 aliphatic rings. The summed E-state index contributed by atoms with van der Waals surface area (Å²) in [6, 6.07) is 11.9. The molecule has 27 heavy (non-hydrogen) atoms. The topological polar surface area (TPSA) is 140 Å². The molecule has 1 amide bonds. The summed E-state index contributed by atoms with van der Waals surface area (Å²) in [6.07, 6.45) is 0. The number of benzene rings is 2. The molecule has 142 valence electrons. The average Bonchev–Trinajstić information content (AvgIpc) is 2.63. The van der Waals surface area contributed by atoms with Gasteiger partial charge < -0.3 is 15.5 Å². The number of azo groups is 1. The number of phenolic OH excluding ortho intramolecular Hbond substituents is 1. The molecule has 0 spiro atoms. The van der Waals surface area contributed by atoms with Crippen LogP contribution < -0.4 is 10.0 Å². The third-order valence-corrected chi connectivity index (χ3v) is 4.79. The monoisotopic (exact) mass is 390 g/mol. The van der Waals surface area contributed by atoms with Crippen LogP contribution in [0.2, 0.25) is 0 Å². The minimum atomic E-state index is -3.75. The molecule has 0 fully saturated rings. The van der Waals surface area contributed by atoms with E-state index in [9.17, 15) is 23.4 Å². The van der Waals surface area contributed by atoms with Crippen LogP contribution in [-0.2, 0) is 14.8 Å². The largest absolute Gasteiger partial charge is 0.510 e. The fraction of sp³-hybridized carbons (Fsp3) is 0.118. The Labute approximate surface area is 156 Å². The maximum Gasteiger partial charge on any atom is 0.279 e. The second-order valence-electron chi connectivity index (χ2n) is 5.31. The van der Waals surface area contributed by atoms with Gasteiger partial charge in [-0.15, -0.1) is 10.2 Å². The highest BCUT2D eigenvalue weighted by Gasteiger charge is 2.16. The molecule has 0 saturated carbocycles. The predicted molar refractivity (Wildman–Crippen MR) is 99.3 cm³/mol. The van der Waals surface area contributed by atoms with Crippen LogP contribution in [0, 0.1) is 0 Å². The first-order valence-corrected chi connectivity index (χ1v) is 9.17. The van der Waals surface area contributed by atoms with Gasteiger partial charge in [0.1, 0.15) is 17.2 Å². The second-order valence-corrected chi connectivity index (χ2v) is 7.20. The van der Waals surface area contributed by atoms with E-state index in [0.29, 0.717) is 5.69 Å². The third kappa shape index (κ3) is 5.12. The average molecular weight is 390 g/mol. The Kier molecular flexibility index (Phi) is 6.27. The lowest BCUT2D eigenvalue weighted by Gasteiger charge is -2.06. The van der Waals surface area contributed by atoms with Gasteiger partial charge in [-0.2, -0.15) is 0 Å². The number of aliphatic hydroxyl groups excluding tert-OH is 1. The number of aromatic hydroxyl groups is 1. The minimum Gasteiger partial charge on any atom is -0.510 e. The maximum absolute atomic E-state index is 12.3. The van der Waals surface area contributed by atoms with Crippen molar-refractivity contribution in [1.82, 2.24) is 4.72 Å². The fourth-order valence-electron chi connectivity index (χ4n) is 1.97. The summed E-state index contributed by atoms with van der Waals surface area (Å²) >= 11 is 0. The number of allylic oxidation sites excluding steroid dienone is 1. The first-order chi connectivity index (χ1) is 12.7. The molecule has 2 rings (SSSR count). The fourth-order valence-corrected chi connectivity index (χ4v) is 2.72. The predicted octanol–water partition coefficient (Wildman–Crippen LogP) is 2.81. The van der Waals surface area contributed by atoms with Gasteiger partial charge in [-0.3, -0.25) is 4.79 Å². The van der Waals surface area contributed by atoms with Crippen molar-refractivity contribution in [3.8, 4) is 5.75 Å². The van der Waals surface area contributed by atoms with Crippen molar-refractivity contribution >= 4 is 27.3 Å². The molecule has 0 aromatic heterocycles. The van der Waals surface area contributed by atoms with Crippen LogP contribution in [0.5, 0.6) is 5.75 Å². The molecular weight excluding hydrogens is 372 g/mol. The van der Waals surface area contributed by atoms with Crippen molar-refractivity contribution in [2.75, 3.05) is 12.4 Å². The number of nitrogens with one attached hydrogen (secondary N) is 2. The van der Waals surface area contributed by atoms with Gasteiger partial charge in [0.2, 0.25) is 10.0 Å². The molecule has 0 radical (unpaired) electrons. The number of anilines is 1. The zero-order valence-corrected chi connectivity index (χ0v) is 15.4. The maximum atomic E-state index is 12.3. The Morgan fingerprint density at radius 3 is 2.37 bits per heavy atom. The van der Waals surface area contributed by atoms with Gasteiger partial charge in [-0.05, 0) is 44.3 Å². The molecule has 9 nitrogen and oxygen atoms in total. The molecule has 2 aromatic carbocycles. The number of nitrogens with zero attached hydrogens (tertiary/aromatic N) is 2. The van der Waals surface area contributed by atoms with Crippen molar-refractivity contribution < 1.29 is 23.4 Å². The minimum absolute atomic E-state index is 0.142. The highest BCUT2D eigenvalue weighted by atomic mass is 32.2. The highest BCUT2D eigenvalue weighted by molar-refractivity contribution is 7.89. The Bertz CT molecular complexity index is 997. The summed E-state index contributed by atoms with van der Waals surface area (Å²) in [5.41, 5.74) is -0.0841. The molecule has 0 aliphatic carbocycles. The zero-order chi connectivity index (χ0) is 20.0. The van der Waals surface area contributed by atoms with E-state index in [4.69, 9.17) is 0 Å². The van der Waals surface area contributed by atoms with Crippen molar-refractivity contribution in [3.63, 3.8) is 0 Å². The van der Waals surface area contributed by atoms with Gasteiger partial charge in [0.05, 0.1) is 4.90 Å². The van der Waals surface area contributed by atoms with Crippen LogP contribution in [0.25, 0.3) is 0 Å². The van der Waals surface area contributed by atoms with Crippen LogP contribution in [0.4, 0.5) is 11.4 Å². The Morgan fingerprint density at radius 1 is 1.11 bits per heavy atom. The van der Waals surface area contributed by atoms with Gasteiger partial charge in [0.15, 0.2) is 5.70 Å². The number of hydrogen-bond donors (Lipinski definition) is 4. The lowest BCUT2D eigenvalue weighted by molar-refractivity contribution is -0.113. The molecule has 10 heteroatoms. The van der Waals surface area contributed by atoms with Gasteiger partial charge in [0.25, 0.3) is 5.91 Å². The van der Waals surface area contributed by atoms with Gasteiger partial charge in [0, 0.05) is 5.69 Å². The summed E-state index contributed by atoms with van der Waals surface area (Å²) in [5, 5.41) is 29.5. The van der Waals surface area contributed by atoms with Crippen LogP contribution in [-0.4, -0.2) is 31.6 Å². The quantitative estimate of drug-likeness (QED) is 0.341. The molecule has 0 aliphatic heterocycles. The number of para-hydroxylation sites is 1. The molecule has 4 N–H and O–H groups in total. The van der Waals surface area contributed by atoms with Crippen LogP contribution in [0.3, 0.4) is 0 Å². The van der Waals surface area contributed by atoms with E-state index >= 15 is 0 Å². The molecular formula is C17H18N4O5S. The van der Waals surface area contributed by atoms with E-state index in [1.165, 1.54) is 20.0 Å². The first kappa shape index (κ1) is 20.1. The van der Waals surface area contributed by atoms with Crippen molar-refractivity contribution in [2.45, 2.75) is 11.8 Å². The van der Waals surface area contributed by atoms with E-state index in [0.717, 1.165) is 12.1 Å². The van der Waals surface area contributed by atoms with E-state index in [1.807, 2.05) is 0 Å².